The molecule has 1 atom stereocenters. The Morgan fingerprint density at radius 2 is 1.71 bits per heavy atom. The van der Waals surface area contributed by atoms with Crippen molar-refractivity contribution < 1.29 is 4.74 Å². The van der Waals surface area contributed by atoms with Gasteiger partial charge >= 0.3 is 0 Å². The van der Waals surface area contributed by atoms with Crippen LogP contribution in [0.4, 0.5) is 0 Å². The van der Waals surface area contributed by atoms with Crippen LogP contribution < -0.4 is 5.32 Å². The predicted molar refractivity (Wildman–Crippen MR) is 71.3 cm³/mol. The normalized spacial score (nSPS) is 34.2. The van der Waals surface area contributed by atoms with Gasteiger partial charge in [0, 0.05) is 25.7 Å². The first-order valence-electron chi connectivity index (χ1n) is 7.03. The molecular formula is C14H28N2O. The minimum absolute atomic E-state index is 0.0198. The lowest BCUT2D eigenvalue weighted by Gasteiger charge is -2.49. The van der Waals surface area contributed by atoms with Gasteiger partial charge in [-0.25, -0.2) is 0 Å². The lowest BCUT2D eigenvalue weighted by atomic mass is 9.96. The number of morpholine rings is 1. The molecule has 2 saturated heterocycles. The highest BCUT2D eigenvalue weighted by Crippen LogP contribution is 2.30. The van der Waals surface area contributed by atoms with Crippen LogP contribution in [0.25, 0.3) is 0 Å². The third kappa shape index (κ3) is 3.67. The van der Waals surface area contributed by atoms with Gasteiger partial charge in [-0.2, -0.15) is 0 Å². The van der Waals surface area contributed by atoms with Crippen molar-refractivity contribution >= 4 is 0 Å². The second-order valence-corrected chi connectivity index (χ2v) is 6.88. The highest BCUT2D eigenvalue weighted by molar-refractivity contribution is 4.92. The van der Waals surface area contributed by atoms with Crippen LogP contribution in [0.1, 0.15) is 47.0 Å². The summed E-state index contributed by atoms with van der Waals surface area (Å²) in [5.41, 5.74) is -0.0396. The molecule has 17 heavy (non-hydrogen) atoms. The van der Waals surface area contributed by atoms with E-state index in [9.17, 15) is 0 Å². The largest absolute Gasteiger partial charge is 0.367 e. The van der Waals surface area contributed by atoms with Gasteiger partial charge in [-0.05, 0) is 47.1 Å². The Balaban J connectivity index is 2.03. The molecule has 0 aliphatic carbocycles. The molecule has 0 amide bonds. The van der Waals surface area contributed by atoms with Gasteiger partial charge in [0.25, 0.3) is 0 Å². The minimum Gasteiger partial charge on any atom is -0.367 e. The summed E-state index contributed by atoms with van der Waals surface area (Å²) in [6.07, 6.45) is 4.02. The van der Waals surface area contributed by atoms with Gasteiger partial charge in [-0.15, -0.1) is 0 Å². The molecule has 0 aromatic rings. The molecule has 3 nitrogen and oxygen atoms in total. The standard InChI is InChI=1S/C14H28N2O/c1-13(2)10-16(11-14(3,4)17-13)12-7-5-6-8-15-9-12/h12,15H,5-11H2,1-4H3. The molecule has 3 heteroatoms. The molecule has 1 unspecified atom stereocenters. The molecule has 0 radical (unpaired) electrons. The fourth-order valence-electron chi connectivity index (χ4n) is 3.42. The van der Waals surface area contributed by atoms with E-state index in [0.29, 0.717) is 6.04 Å². The number of nitrogens with zero attached hydrogens (tertiary/aromatic N) is 1. The maximum Gasteiger partial charge on any atom is 0.0760 e. The van der Waals surface area contributed by atoms with Gasteiger partial charge in [0.2, 0.25) is 0 Å². The van der Waals surface area contributed by atoms with E-state index in [-0.39, 0.29) is 11.2 Å². The summed E-state index contributed by atoms with van der Waals surface area (Å²) in [5.74, 6) is 0. The van der Waals surface area contributed by atoms with Gasteiger partial charge < -0.3 is 10.1 Å². The second kappa shape index (κ2) is 4.87. The van der Waals surface area contributed by atoms with Gasteiger partial charge in [0.05, 0.1) is 11.2 Å². The van der Waals surface area contributed by atoms with E-state index in [2.05, 4.69) is 37.9 Å². The lowest BCUT2D eigenvalue weighted by Crippen LogP contribution is -2.60. The van der Waals surface area contributed by atoms with Gasteiger partial charge in [0.15, 0.2) is 0 Å². The van der Waals surface area contributed by atoms with Crippen LogP contribution in [-0.4, -0.2) is 48.3 Å². The van der Waals surface area contributed by atoms with E-state index in [1.807, 2.05) is 0 Å². The Hall–Kier alpha value is -0.120. The Labute approximate surface area is 106 Å². The van der Waals surface area contributed by atoms with Crippen molar-refractivity contribution in [2.24, 2.45) is 0 Å². The molecule has 2 aliphatic heterocycles. The number of hydrogen-bond donors (Lipinski definition) is 1. The van der Waals surface area contributed by atoms with Crippen LogP contribution >= 0.6 is 0 Å². The Kier molecular flexibility index (Phi) is 3.81. The van der Waals surface area contributed by atoms with Crippen molar-refractivity contribution in [3.05, 3.63) is 0 Å². The van der Waals surface area contributed by atoms with Crippen molar-refractivity contribution in [2.75, 3.05) is 26.2 Å². The number of nitrogens with one attached hydrogen (secondary N) is 1. The zero-order chi connectivity index (χ0) is 12.5. The lowest BCUT2D eigenvalue weighted by molar-refractivity contribution is -0.187. The van der Waals surface area contributed by atoms with Crippen molar-refractivity contribution in [3.63, 3.8) is 0 Å². The maximum atomic E-state index is 6.15. The summed E-state index contributed by atoms with van der Waals surface area (Å²) in [7, 11) is 0. The summed E-state index contributed by atoms with van der Waals surface area (Å²) >= 11 is 0. The monoisotopic (exact) mass is 240 g/mol. The van der Waals surface area contributed by atoms with Crippen LogP contribution in [-0.2, 0) is 4.74 Å². The maximum absolute atomic E-state index is 6.15. The highest BCUT2D eigenvalue weighted by Gasteiger charge is 2.40. The van der Waals surface area contributed by atoms with Crippen LogP contribution in [0.5, 0.6) is 0 Å². The minimum atomic E-state index is -0.0198. The molecular weight excluding hydrogens is 212 g/mol. The van der Waals surface area contributed by atoms with E-state index >= 15 is 0 Å². The van der Waals surface area contributed by atoms with Gasteiger partial charge in [-0.1, -0.05) is 6.42 Å². The fourth-order valence-corrected chi connectivity index (χ4v) is 3.42. The van der Waals surface area contributed by atoms with E-state index < -0.39 is 0 Å². The summed E-state index contributed by atoms with van der Waals surface area (Å²) in [6, 6.07) is 0.694. The average molecular weight is 240 g/mol. The number of rotatable bonds is 1. The summed E-state index contributed by atoms with van der Waals surface area (Å²) in [5, 5.41) is 3.57. The number of ether oxygens (including phenoxy) is 1. The van der Waals surface area contributed by atoms with Crippen molar-refractivity contribution in [1.82, 2.24) is 10.2 Å². The third-order valence-corrected chi connectivity index (χ3v) is 3.76. The molecule has 2 heterocycles. The van der Waals surface area contributed by atoms with E-state index in [0.717, 1.165) is 19.6 Å². The molecule has 0 spiro atoms. The Morgan fingerprint density at radius 3 is 2.35 bits per heavy atom. The quantitative estimate of drug-likeness (QED) is 0.759. The zero-order valence-corrected chi connectivity index (χ0v) is 11.9. The van der Waals surface area contributed by atoms with E-state index in [4.69, 9.17) is 4.74 Å². The average Bonchev–Trinajstić information content (AvgIpc) is 2.40. The molecule has 0 aromatic heterocycles. The highest BCUT2D eigenvalue weighted by atomic mass is 16.5. The smallest absolute Gasteiger partial charge is 0.0760 e. The molecule has 1 N–H and O–H groups in total. The van der Waals surface area contributed by atoms with Crippen LogP contribution in [0, 0.1) is 0 Å². The van der Waals surface area contributed by atoms with Gasteiger partial charge in [-0.3, -0.25) is 4.90 Å². The van der Waals surface area contributed by atoms with Crippen LogP contribution in [0.3, 0.4) is 0 Å². The van der Waals surface area contributed by atoms with Crippen LogP contribution in [0.15, 0.2) is 0 Å². The topological polar surface area (TPSA) is 24.5 Å². The SMILES string of the molecule is CC1(C)CN(C2CCCCNC2)CC(C)(C)O1. The fraction of sp³-hybridized carbons (Fsp3) is 1.00. The Bertz CT molecular complexity index is 239. The first-order chi connectivity index (χ1) is 7.88. The van der Waals surface area contributed by atoms with Crippen molar-refractivity contribution in [3.8, 4) is 0 Å². The predicted octanol–water partition coefficient (Wildman–Crippen LogP) is 2.02. The summed E-state index contributed by atoms with van der Waals surface area (Å²) < 4.78 is 6.15. The molecule has 100 valence electrons. The van der Waals surface area contributed by atoms with E-state index in [1.54, 1.807) is 0 Å². The first kappa shape index (κ1) is 13.3. The summed E-state index contributed by atoms with van der Waals surface area (Å²) in [4.78, 5) is 2.64. The van der Waals surface area contributed by atoms with Gasteiger partial charge in [0.1, 0.15) is 0 Å². The first-order valence-corrected chi connectivity index (χ1v) is 7.03. The summed E-state index contributed by atoms with van der Waals surface area (Å²) in [6.45, 7) is 13.3. The third-order valence-electron chi connectivity index (χ3n) is 3.76. The molecule has 0 saturated carbocycles. The van der Waals surface area contributed by atoms with Crippen molar-refractivity contribution in [1.29, 1.82) is 0 Å². The molecule has 2 fully saturated rings. The zero-order valence-electron chi connectivity index (χ0n) is 11.9. The second-order valence-electron chi connectivity index (χ2n) is 6.88. The number of hydrogen-bond acceptors (Lipinski definition) is 3. The van der Waals surface area contributed by atoms with Crippen LogP contribution in [0.2, 0.25) is 0 Å². The Morgan fingerprint density at radius 1 is 1.06 bits per heavy atom. The molecule has 2 aliphatic rings. The molecule has 0 aromatic carbocycles. The van der Waals surface area contributed by atoms with Crippen molar-refractivity contribution in [2.45, 2.75) is 64.2 Å². The molecule has 0 bridgehead atoms. The van der Waals surface area contributed by atoms with E-state index in [1.165, 1.54) is 25.8 Å². The molecule has 2 rings (SSSR count).